The van der Waals surface area contributed by atoms with Gasteiger partial charge in [-0.05, 0) is 29.8 Å². The lowest BCUT2D eigenvalue weighted by atomic mass is 10.1. The first-order valence-corrected chi connectivity index (χ1v) is 8.77. The first kappa shape index (κ1) is 17.7. The third-order valence-electron chi connectivity index (χ3n) is 4.09. The minimum atomic E-state index is -0.0737. The summed E-state index contributed by atoms with van der Waals surface area (Å²) in [7, 11) is 0. The number of aromatic nitrogens is 1. The predicted octanol–water partition coefficient (Wildman–Crippen LogP) is 5.01. The fraction of sp³-hybridized carbons (Fsp3) is 0.182. The van der Waals surface area contributed by atoms with E-state index >= 15 is 0 Å². The lowest BCUT2D eigenvalue weighted by Crippen LogP contribution is -2.19. The number of carbonyl (C=O) groups excluding carboxylic acids is 1. The number of hydrogen-bond donors (Lipinski definition) is 1. The summed E-state index contributed by atoms with van der Waals surface area (Å²) in [5.74, 6) is 0.463. The van der Waals surface area contributed by atoms with Crippen molar-refractivity contribution in [1.82, 2.24) is 4.98 Å². The second kappa shape index (κ2) is 8.30. The number of hydrogen-bond acceptors (Lipinski definition) is 3. The molecule has 1 aromatic heterocycles. The molecule has 3 aromatic rings. The summed E-state index contributed by atoms with van der Waals surface area (Å²) in [6.45, 7) is 4.46. The van der Waals surface area contributed by atoms with Gasteiger partial charge in [0, 0.05) is 18.2 Å². The van der Waals surface area contributed by atoms with Crippen LogP contribution in [0, 0.1) is 5.92 Å². The number of anilines is 3. The molecule has 0 spiro atoms. The predicted molar refractivity (Wildman–Crippen MR) is 106 cm³/mol. The van der Waals surface area contributed by atoms with Gasteiger partial charge < -0.3 is 10.2 Å². The summed E-state index contributed by atoms with van der Waals surface area (Å²) in [5, 5.41) is 2.83. The van der Waals surface area contributed by atoms with Gasteiger partial charge in [0.1, 0.15) is 5.82 Å². The van der Waals surface area contributed by atoms with Crippen LogP contribution in [0.15, 0.2) is 79.0 Å². The van der Waals surface area contributed by atoms with Crippen LogP contribution in [0.4, 0.5) is 17.2 Å². The van der Waals surface area contributed by atoms with E-state index in [0.717, 1.165) is 17.9 Å². The van der Waals surface area contributed by atoms with Crippen LogP contribution in [-0.2, 0) is 11.3 Å². The Bertz CT molecular complexity index is 830. The monoisotopic (exact) mass is 345 g/mol. The first-order chi connectivity index (χ1) is 12.6. The fourth-order valence-electron chi connectivity index (χ4n) is 2.60. The number of pyridine rings is 1. The number of nitrogens with one attached hydrogen (secondary N) is 1. The summed E-state index contributed by atoms with van der Waals surface area (Å²) in [6, 6.07) is 24.4. The Labute approximate surface area is 154 Å². The highest BCUT2D eigenvalue weighted by molar-refractivity contribution is 5.91. The van der Waals surface area contributed by atoms with E-state index in [4.69, 9.17) is 0 Å². The lowest BCUT2D eigenvalue weighted by Gasteiger charge is -2.25. The summed E-state index contributed by atoms with van der Waals surface area (Å²) < 4.78 is 0. The Balaban J connectivity index is 1.86. The largest absolute Gasteiger partial charge is 0.336 e. The maximum atomic E-state index is 11.8. The van der Waals surface area contributed by atoms with E-state index in [-0.39, 0.29) is 11.8 Å². The third kappa shape index (κ3) is 4.48. The number of benzene rings is 2. The van der Waals surface area contributed by atoms with Crippen molar-refractivity contribution in [3.05, 3.63) is 84.6 Å². The fourth-order valence-corrected chi connectivity index (χ4v) is 2.60. The van der Waals surface area contributed by atoms with E-state index < -0.39 is 0 Å². The van der Waals surface area contributed by atoms with Gasteiger partial charge in [0.15, 0.2) is 0 Å². The van der Waals surface area contributed by atoms with Gasteiger partial charge in [-0.3, -0.25) is 4.79 Å². The minimum Gasteiger partial charge on any atom is -0.336 e. The molecule has 0 fully saturated rings. The van der Waals surface area contributed by atoms with Crippen LogP contribution in [0.1, 0.15) is 19.4 Å². The van der Waals surface area contributed by atoms with Gasteiger partial charge in [-0.1, -0.05) is 62.4 Å². The third-order valence-corrected chi connectivity index (χ3v) is 4.09. The van der Waals surface area contributed by atoms with Gasteiger partial charge in [0.2, 0.25) is 5.91 Å². The first-order valence-electron chi connectivity index (χ1n) is 8.77. The molecule has 0 bridgehead atoms. The van der Waals surface area contributed by atoms with Crippen LogP contribution < -0.4 is 10.2 Å². The number of rotatable bonds is 6. The number of carbonyl (C=O) groups is 1. The van der Waals surface area contributed by atoms with Crippen molar-refractivity contribution < 1.29 is 4.79 Å². The molecule has 0 saturated carbocycles. The van der Waals surface area contributed by atoms with E-state index in [0.29, 0.717) is 5.82 Å². The van der Waals surface area contributed by atoms with E-state index in [9.17, 15) is 4.79 Å². The van der Waals surface area contributed by atoms with Gasteiger partial charge in [0.05, 0.1) is 11.9 Å². The van der Waals surface area contributed by atoms with Crippen LogP contribution >= 0.6 is 0 Å². The number of amides is 1. The average Bonchev–Trinajstić information content (AvgIpc) is 2.68. The highest BCUT2D eigenvalue weighted by Crippen LogP contribution is 2.27. The van der Waals surface area contributed by atoms with Gasteiger partial charge in [-0.2, -0.15) is 0 Å². The summed E-state index contributed by atoms with van der Waals surface area (Å²) in [5.41, 5.74) is 3.29. The Morgan fingerprint density at radius 3 is 2.15 bits per heavy atom. The maximum Gasteiger partial charge on any atom is 0.228 e. The lowest BCUT2D eigenvalue weighted by molar-refractivity contribution is -0.118. The van der Waals surface area contributed by atoms with Crippen molar-refractivity contribution in [3.63, 3.8) is 0 Å². The molecule has 0 radical (unpaired) electrons. The van der Waals surface area contributed by atoms with Crippen molar-refractivity contribution in [2.24, 2.45) is 5.92 Å². The molecule has 0 saturated heterocycles. The highest BCUT2D eigenvalue weighted by Gasteiger charge is 2.12. The molecule has 3 rings (SSSR count). The minimum absolute atomic E-state index is 0.0329. The second-order valence-electron chi connectivity index (χ2n) is 6.45. The molecular formula is C22H23N3O. The molecule has 26 heavy (non-hydrogen) atoms. The molecule has 1 amide bonds. The van der Waals surface area contributed by atoms with Crippen molar-refractivity contribution in [3.8, 4) is 0 Å². The van der Waals surface area contributed by atoms with Crippen molar-refractivity contribution in [2.75, 3.05) is 10.2 Å². The Morgan fingerprint density at radius 2 is 1.58 bits per heavy atom. The molecular weight excluding hydrogens is 322 g/mol. The normalized spacial score (nSPS) is 10.6. The second-order valence-corrected chi connectivity index (χ2v) is 6.45. The molecule has 1 N–H and O–H groups in total. The Morgan fingerprint density at radius 1 is 0.923 bits per heavy atom. The summed E-state index contributed by atoms with van der Waals surface area (Å²) in [4.78, 5) is 18.5. The quantitative estimate of drug-likeness (QED) is 0.683. The topological polar surface area (TPSA) is 45.2 Å². The standard InChI is InChI=1S/C22H23N3O/c1-17(2)22(26)24-21-14-13-20(15-23-21)25(19-11-7-4-8-12-19)16-18-9-5-3-6-10-18/h3-15,17H,16H2,1-2H3,(H,23,24,26). The van der Waals surface area contributed by atoms with E-state index in [2.05, 4.69) is 39.5 Å². The Hall–Kier alpha value is -3.14. The molecule has 0 aliphatic rings. The zero-order valence-corrected chi connectivity index (χ0v) is 15.1. The molecule has 2 aromatic carbocycles. The molecule has 132 valence electrons. The van der Waals surface area contributed by atoms with Gasteiger partial charge >= 0.3 is 0 Å². The van der Waals surface area contributed by atoms with Crippen LogP contribution in [0.2, 0.25) is 0 Å². The zero-order valence-electron chi connectivity index (χ0n) is 15.1. The maximum absolute atomic E-state index is 11.8. The number of para-hydroxylation sites is 1. The SMILES string of the molecule is CC(C)C(=O)Nc1ccc(N(Cc2ccccc2)c2ccccc2)cn1. The molecule has 0 unspecified atom stereocenters. The molecule has 4 nitrogen and oxygen atoms in total. The molecule has 1 heterocycles. The van der Waals surface area contributed by atoms with Gasteiger partial charge in [-0.25, -0.2) is 4.98 Å². The zero-order chi connectivity index (χ0) is 18.4. The van der Waals surface area contributed by atoms with Crippen LogP contribution in [-0.4, -0.2) is 10.9 Å². The summed E-state index contributed by atoms with van der Waals surface area (Å²) >= 11 is 0. The van der Waals surface area contributed by atoms with Crippen LogP contribution in [0.5, 0.6) is 0 Å². The van der Waals surface area contributed by atoms with Crippen molar-refractivity contribution in [2.45, 2.75) is 20.4 Å². The number of nitrogens with zero attached hydrogens (tertiary/aromatic N) is 2. The van der Waals surface area contributed by atoms with E-state index in [1.165, 1.54) is 5.56 Å². The highest BCUT2D eigenvalue weighted by atomic mass is 16.1. The Kier molecular flexibility index (Phi) is 5.64. The van der Waals surface area contributed by atoms with Crippen molar-refractivity contribution >= 4 is 23.1 Å². The summed E-state index contributed by atoms with van der Waals surface area (Å²) in [6.07, 6.45) is 1.80. The van der Waals surface area contributed by atoms with Crippen LogP contribution in [0.25, 0.3) is 0 Å². The molecule has 4 heteroatoms. The smallest absolute Gasteiger partial charge is 0.228 e. The van der Waals surface area contributed by atoms with Crippen molar-refractivity contribution in [1.29, 1.82) is 0 Å². The molecule has 0 aliphatic carbocycles. The van der Waals surface area contributed by atoms with E-state index in [1.54, 1.807) is 6.20 Å². The van der Waals surface area contributed by atoms with Gasteiger partial charge in [-0.15, -0.1) is 0 Å². The van der Waals surface area contributed by atoms with Crippen LogP contribution in [0.3, 0.4) is 0 Å². The average molecular weight is 345 g/mol. The van der Waals surface area contributed by atoms with E-state index in [1.807, 2.05) is 62.4 Å². The molecule has 0 aliphatic heterocycles. The van der Waals surface area contributed by atoms with Gasteiger partial charge in [0.25, 0.3) is 0 Å². The molecule has 0 atom stereocenters.